The molecule has 10 nitrogen and oxygen atoms in total. The van der Waals surface area contributed by atoms with E-state index in [1.165, 1.54) is 4.31 Å². The lowest BCUT2D eigenvalue weighted by Gasteiger charge is -2.24. The van der Waals surface area contributed by atoms with Crippen LogP contribution in [0.25, 0.3) is 16.6 Å². The monoisotopic (exact) mass is 535 g/mol. The highest BCUT2D eigenvalue weighted by Gasteiger charge is 2.32. The molecule has 1 aliphatic carbocycles. The number of benzene rings is 3. The number of amides is 1. The standard InChI is InChI=1S/C27H29N5O5S/c1-28-27(35)26-23-15-22(17-6-7-17)25(31(12-13-33)38(2,36)37)16-24(23)30-32(26)20-10-8-18(9-11-20)29-19-4-3-5-21(34)14-19/h3-5,8-11,14-17,29,33-34H,6-7,12-13H2,1-2H3,(H,28,35). The van der Waals surface area contributed by atoms with Crippen molar-refractivity contribution >= 4 is 43.9 Å². The van der Waals surface area contributed by atoms with Crippen LogP contribution in [-0.4, -0.2) is 60.8 Å². The predicted octanol–water partition coefficient (Wildman–Crippen LogP) is 3.47. The molecule has 11 heteroatoms. The van der Waals surface area contributed by atoms with Gasteiger partial charge in [0, 0.05) is 29.9 Å². The van der Waals surface area contributed by atoms with Crippen LogP contribution in [0.4, 0.5) is 17.1 Å². The average molecular weight is 536 g/mol. The molecule has 5 rings (SSSR count). The molecule has 0 bridgehead atoms. The maximum Gasteiger partial charge on any atom is 0.270 e. The molecule has 0 aliphatic heterocycles. The summed E-state index contributed by atoms with van der Waals surface area (Å²) in [6.07, 6.45) is 2.96. The lowest BCUT2D eigenvalue weighted by atomic mass is 10.0. The number of phenols is 1. The van der Waals surface area contributed by atoms with Gasteiger partial charge in [-0.25, -0.2) is 13.1 Å². The Morgan fingerprint density at radius 3 is 2.45 bits per heavy atom. The summed E-state index contributed by atoms with van der Waals surface area (Å²) in [5.41, 5.74) is 4.28. The summed E-state index contributed by atoms with van der Waals surface area (Å²) in [5, 5.41) is 30.5. The molecule has 4 N–H and O–H groups in total. The molecule has 1 aliphatic rings. The number of aliphatic hydroxyl groups is 1. The van der Waals surface area contributed by atoms with Crippen molar-refractivity contribution in [2.24, 2.45) is 0 Å². The van der Waals surface area contributed by atoms with Gasteiger partial charge in [-0.3, -0.25) is 9.10 Å². The highest BCUT2D eigenvalue weighted by Crippen LogP contribution is 2.46. The van der Waals surface area contributed by atoms with Gasteiger partial charge in [0.2, 0.25) is 10.0 Å². The van der Waals surface area contributed by atoms with Crippen LogP contribution in [0.5, 0.6) is 5.75 Å². The minimum Gasteiger partial charge on any atom is -0.508 e. The van der Waals surface area contributed by atoms with Gasteiger partial charge in [0.25, 0.3) is 5.91 Å². The summed E-state index contributed by atoms with van der Waals surface area (Å²) in [6.45, 7) is -0.392. The maximum atomic E-state index is 13.1. The van der Waals surface area contributed by atoms with Crippen LogP contribution < -0.4 is 14.9 Å². The molecule has 1 fully saturated rings. The molecule has 1 saturated carbocycles. The maximum absolute atomic E-state index is 13.1. The fourth-order valence-corrected chi connectivity index (χ4v) is 5.52. The van der Waals surface area contributed by atoms with Gasteiger partial charge in [-0.05, 0) is 72.9 Å². The van der Waals surface area contributed by atoms with E-state index in [4.69, 9.17) is 5.10 Å². The Labute approximate surface area is 220 Å². The molecule has 1 amide bonds. The number of rotatable bonds is 9. The van der Waals surface area contributed by atoms with E-state index in [0.29, 0.717) is 28.0 Å². The summed E-state index contributed by atoms with van der Waals surface area (Å²) in [6, 6.07) is 17.7. The van der Waals surface area contributed by atoms with Gasteiger partial charge in [-0.15, -0.1) is 0 Å². The van der Waals surface area contributed by atoms with E-state index in [1.54, 1.807) is 36.0 Å². The molecule has 1 aromatic heterocycles. The van der Waals surface area contributed by atoms with Crippen molar-refractivity contribution in [3.63, 3.8) is 0 Å². The smallest absolute Gasteiger partial charge is 0.270 e. The first kappa shape index (κ1) is 25.6. The molecule has 198 valence electrons. The summed E-state index contributed by atoms with van der Waals surface area (Å²) < 4.78 is 27.9. The lowest BCUT2D eigenvalue weighted by molar-refractivity contribution is 0.0957. The SMILES string of the molecule is CNC(=O)c1c2cc(C3CC3)c(N(CCO)S(C)(=O)=O)cc2nn1-c1ccc(Nc2cccc(O)c2)cc1. The van der Waals surface area contributed by atoms with Crippen molar-refractivity contribution in [3.05, 3.63) is 71.9 Å². The zero-order valence-corrected chi connectivity index (χ0v) is 21.9. The van der Waals surface area contributed by atoms with Gasteiger partial charge in [-0.1, -0.05) is 6.07 Å². The van der Waals surface area contributed by atoms with Crippen molar-refractivity contribution in [1.82, 2.24) is 15.1 Å². The van der Waals surface area contributed by atoms with Crippen LogP contribution in [0.3, 0.4) is 0 Å². The van der Waals surface area contributed by atoms with Crippen LogP contribution >= 0.6 is 0 Å². The Balaban J connectivity index is 1.61. The first-order valence-corrected chi connectivity index (χ1v) is 14.1. The van der Waals surface area contributed by atoms with Gasteiger partial charge in [-0.2, -0.15) is 5.10 Å². The number of carbonyl (C=O) groups excluding carboxylic acids is 1. The lowest BCUT2D eigenvalue weighted by Crippen LogP contribution is -2.33. The van der Waals surface area contributed by atoms with Gasteiger partial charge in [0.05, 0.1) is 36.3 Å². The third-order valence-electron chi connectivity index (χ3n) is 6.50. The van der Waals surface area contributed by atoms with Crippen LogP contribution in [0.15, 0.2) is 60.7 Å². The number of anilines is 3. The highest BCUT2D eigenvalue weighted by molar-refractivity contribution is 7.92. The number of hydrogen-bond acceptors (Lipinski definition) is 7. The van der Waals surface area contributed by atoms with E-state index in [2.05, 4.69) is 10.6 Å². The number of aliphatic hydroxyl groups excluding tert-OH is 1. The normalized spacial score (nSPS) is 13.4. The quantitative estimate of drug-likeness (QED) is 0.258. The fraction of sp³-hybridized carbons (Fsp3) is 0.259. The highest BCUT2D eigenvalue weighted by atomic mass is 32.2. The second-order valence-electron chi connectivity index (χ2n) is 9.32. The minimum absolute atomic E-state index is 0.0687. The van der Waals surface area contributed by atoms with Crippen LogP contribution in [0, 0.1) is 0 Å². The average Bonchev–Trinajstić information content (AvgIpc) is 3.66. The van der Waals surface area contributed by atoms with E-state index in [1.807, 2.05) is 36.4 Å². The molecule has 0 atom stereocenters. The number of phenolic OH excluding ortho intramolecular Hbond substituents is 1. The summed E-state index contributed by atoms with van der Waals surface area (Å²) in [4.78, 5) is 13.1. The van der Waals surface area contributed by atoms with Crippen molar-refractivity contribution in [3.8, 4) is 11.4 Å². The number of aromatic nitrogens is 2. The van der Waals surface area contributed by atoms with Crippen molar-refractivity contribution in [1.29, 1.82) is 0 Å². The van der Waals surface area contributed by atoms with Crippen LogP contribution in [0.2, 0.25) is 0 Å². The zero-order chi connectivity index (χ0) is 27.0. The fourth-order valence-electron chi connectivity index (χ4n) is 4.59. The third kappa shape index (κ3) is 5.02. The number of nitrogens with zero attached hydrogens (tertiary/aromatic N) is 3. The van der Waals surface area contributed by atoms with Gasteiger partial charge >= 0.3 is 0 Å². The molecule has 3 aromatic carbocycles. The molecular weight excluding hydrogens is 506 g/mol. The van der Waals surface area contributed by atoms with E-state index in [9.17, 15) is 23.4 Å². The molecular formula is C27H29N5O5S. The molecule has 1 heterocycles. The Kier molecular flexibility index (Phi) is 6.72. The molecule has 0 unspecified atom stereocenters. The molecule has 38 heavy (non-hydrogen) atoms. The number of sulfonamides is 1. The Hall–Kier alpha value is -4.09. The predicted molar refractivity (Wildman–Crippen MR) is 147 cm³/mol. The third-order valence-corrected chi connectivity index (χ3v) is 7.68. The van der Waals surface area contributed by atoms with Crippen LogP contribution in [-0.2, 0) is 10.0 Å². The molecule has 0 spiro atoms. The van der Waals surface area contributed by atoms with E-state index in [0.717, 1.165) is 36.0 Å². The summed E-state index contributed by atoms with van der Waals surface area (Å²) in [7, 11) is -2.10. The van der Waals surface area contributed by atoms with Gasteiger partial charge in [0.1, 0.15) is 11.4 Å². The van der Waals surface area contributed by atoms with Crippen molar-refractivity contribution in [2.75, 3.05) is 36.1 Å². The van der Waals surface area contributed by atoms with Crippen LogP contribution in [0.1, 0.15) is 34.8 Å². The topological polar surface area (TPSA) is 137 Å². The van der Waals surface area contributed by atoms with E-state index < -0.39 is 10.0 Å². The number of aromatic hydroxyl groups is 1. The molecule has 0 saturated heterocycles. The van der Waals surface area contributed by atoms with Gasteiger partial charge < -0.3 is 20.8 Å². The van der Waals surface area contributed by atoms with Crippen molar-refractivity contribution in [2.45, 2.75) is 18.8 Å². The first-order valence-electron chi connectivity index (χ1n) is 12.2. The van der Waals surface area contributed by atoms with Crippen molar-refractivity contribution < 1.29 is 23.4 Å². The number of hydrogen-bond donors (Lipinski definition) is 4. The number of nitrogens with one attached hydrogen (secondary N) is 2. The summed E-state index contributed by atoms with van der Waals surface area (Å²) in [5.74, 6) is 0.0173. The Morgan fingerprint density at radius 1 is 1.11 bits per heavy atom. The molecule has 0 radical (unpaired) electrons. The van der Waals surface area contributed by atoms with E-state index >= 15 is 0 Å². The minimum atomic E-state index is -3.65. The molecule has 4 aromatic rings. The second kappa shape index (κ2) is 9.99. The summed E-state index contributed by atoms with van der Waals surface area (Å²) >= 11 is 0. The second-order valence-corrected chi connectivity index (χ2v) is 11.2. The van der Waals surface area contributed by atoms with E-state index in [-0.39, 0.29) is 30.7 Å². The first-order chi connectivity index (χ1) is 18.2. The Morgan fingerprint density at radius 2 is 1.84 bits per heavy atom. The number of carbonyl (C=O) groups is 1. The Bertz CT molecular complexity index is 1610. The zero-order valence-electron chi connectivity index (χ0n) is 21.0. The number of fused-ring (bicyclic) bond motifs is 1. The largest absolute Gasteiger partial charge is 0.508 e. The van der Waals surface area contributed by atoms with Gasteiger partial charge in [0.15, 0.2) is 0 Å².